The number of amides is 2. The molecular formula is C22H23N3O4. The van der Waals surface area contributed by atoms with E-state index >= 15 is 0 Å². The second kappa shape index (κ2) is 10.7. The molecule has 0 aliphatic carbocycles. The van der Waals surface area contributed by atoms with Gasteiger partial charge in [-0.15, -0.1) is 0 Å². The van der Waals surface area contributed by atoms with E-state index in [1.54, 1.807) is 31.2 Å². The zero-order valence-corrected chi connectivity index (χ0v) is 16.6. The van der Waals surface area contributed by atoms with Gasteiger partial charge in [0.25, 0.3) is 11.8 Å². The number of carbonyl (C=O) groups is 2. The lowest BCUT2D eigenvalue weighted by Crippen LogP contribution is -2.45. The van der Waals surface area contributed by atoms with Crippen LogP contribution >= 0.6 is 0 Å². The van der Waals surface area contributed by atoms with Crippen molar-refractivity contribution in [2.45, 2.75) is 25.9 Å². The maximum atomic E-state index is 12.2. The predicted molar refractivity (Wildman–Crippen MR) is 108 cm³/mol. The Kier molecular flexibility index (Phi) is 8.05. The van der Waals surface area contributed by atoms with Crippen LogP contribution in [0.3, 0.4) is 0 Å². The lowest BCUT2D eigenvalue weighted by Gasteiger charge is -2.14. The van der Waals surface area contributed by atoms with E-state index in [9.17, 15) is 9.59 Å². The van der Waals surface area contributed by atoms with Crippen molar-refractivity contribution in [3.8, 4) is 23.7 Å². The molecule has 2 rings (SSSR count). The van der Waals surface area contributed by atoms with Gasteiger partial charge >= 0.3 is 0 Å². The zero-order chi connectivity index (χ0) is 21.2. The van der Waals surface area contributed by atoms with Crippen LogP contribution in [0.25, 0.3) is 0 Å². The van der Waals surface area contributed by atoms with Crippen molar-refractivity contribution in [3.05, 3.63) is 59.0 Å². The smallest absolute Gasteiger partial charge is 0.265 e. The summed E-state index contributed by atoms with van der Waals surface area (Å²) < 4.78 is 5.58. The second-order valence-electron chi connectivity index (χ2n) is 6.49. The summed E-state index contributed by atoms with van der Waals surface area (Å²) in [7, 11) is 3.92. The van der Waals surface area contributed by atoms with Crippen LogP contribution in [0.4, 0.5) is 0 Å². The van der Waals surface area contributed by atoms with E-state index in [0.717, 1.165) is 5.76 Å². The Bertz CT molecular complexity index is 969. The van der Waals surface area contributed by atoms with Crippen LogP contribution in [0.1, 0.15) is 40.8 Å². The molecule has 2 aromatic rings. The molecule has 1 heterocycles. The molecule has 150 valence electrons. The highest BCUT2D eigenvalue weighted by Crippen LogP contribution is 2.08. The Morgan fingerprint density at radius 2 is 1.79 bits per heavy atom. The molecule has 0 aliphatic heterocycles. The van der Waals surface area contributed by atoms with Gasteiger partial charge in [0.15, 0.2) is 5.76 Å². The summed E-state index contributed by atoms with van der Waals surface area (Å²) in [5.74, 6) is 11.6. The molecule has 29 heavy (non-hydrogen) atoms. The summed E-state index contributed by atoms with van der Waals surface area (Å²) in [5, 5.41) is 11.2. The van der Waals surface area contributed by atoms with Crippen LogP contribution in [-0.2, 0) is 11.3 Å². The van der Waals surface area contributed by atoms with Crippen molar-refractivity contribution in [1.29, 1.82) is 0 Å². The minimum atomic E-state index is -0.804. The number of carbonyl (C=O) groups excluding carboxylic acids is 2. The molecular weight excluding hydrogens is 370 g/mol. The van der Waals surface area contributed by atoms with Crippen molar-refractivity contribution in [2.75, 3.05) is 14.1 Å². The van der Waals surface area contributed by atoms with Crippen LogP contribution in [0.15, 0.2) is 40.8 Å². The zero-order valence-electron chi connectivity index (χ0n) is 16.6. The highest BCUT2D eigenvalue weighted by atomic mass is 16.5. The number of nitrogens with zero attached hydrogens (tertiary/aromatic N) is 1. The van der Waals surface area contributed by atoms with Gasteiger partial charge in [-0.05, 0) is 74.7 Å². The molecule has 0 radical (unpaired) electrons. The van der Waals surface area contributed by atoms with Gasteiger partial charge in [0.1, 0.15) is 11.8 Å². The molecule has 1 atom stereocenters. The monoisotopic (exact) mass is 393 g/mol. The molecule has 0 spiro atoms. The molecule has 0 saturated heterocycles. The van der Waals surface area contributed by atoms with Gasteiger partial charge in [-0.1, -0.05) is 12.8 Å². The summed E-state index contributed by atoms with van der Waals surface area (Å²) in [5.41, 5.74) is 2.62. The number of benzene rings is 1. The summed E-state index contributed by atoms with van der Waals surface area (Å²) in [4.78, 5) is 25.6. The standard InChI is InChI=1S/C22H23N3O4/c1-4-20(22(27)24-28)23-21(26)17-11-9-16(10-12-17)7-5-6-8-18-13-14-19(29-18)15-25(2)3/h9-14,20,28H,4,15H2,1-3H3,(H,23,26)(H,24,27)/t20-/m0/s1. The molecule has 1 aromatic carbocycles. The summed E-state index contributed by atoms with van der Waals surface area (Å²) in [6.07, 6.45) is 0.354. The van der Waals surface area contributed by atoms with Crippen molar-refractivity contribution < 1.29 is 19.2 Å². The third kappa shape index (κ3) is 6.86. The average molecular weight is 393 g/mol. The lowest BCUT2D eigenvalue weighted by molar-refractivity contribution is -0.131. The van der Waals surface area contributed by atoms with E-state index in [4.69, 9.17) is 9.62 Å². The molecule has 0 fully saturated rings. The molecule has 1 aromatic heterocycles. The first-order valence-corrected chi connectivity index (χ1v) is 9.03. The molecule has 2 amide bonds. The molecule has 0 saturated carbocycles. The molecule has 7 heteroatoms. The highest BCUT2D eigenvalue weighted by Gasteiger charge is 2.18. The van der Waals surface area contributed by atoms with E-state index in [1.165, 1.54) is 5.48 Å². The molecule has 3 N–H and O–H groups in total. The molecule has 0 aliphatic rings. The van der Waals surface area contributed by atoms with E-state index in [0.29, 0.717) is 29.9 Å². The van der Waals surface area contributed by atoms with E-state index in [1.807, 2.05) is 31.1 Å². The lowest BCUT2D eigenvalue weighted by atomic mass is 10.1. The maximum absolute atomic E-state index is 12.2. The SMILES string of the molecule is CC[C@H](NC(=O)c1ccc(C#CC#Cc2ccc(CN(C)C)o2)cc1)C(=O)NO. The van der Waals surface area contributed by atoms with Gasteiger partial charge in [-0.25, -0.2) is 5.48 Å². The fraction of sp³-hybridized carbons (Fsp3) is 0.273. The molecule has 0 bridgehead atoms. The van der Waals surface area contributed by atoms with Gasteiger partial charge in [0, 0.05) is 11.1 Å². The Labute approximate surface area is 170 Å². The van der Waals surface area contributed by atoms with Crippen LogP contribution < -0.4 is 10.8 Å². The average Bonchev–Trinajstić information content (AvgIpc) is 3.15. The topological polar surface area (TPSA) is 94.8 Å². The predicted octanol–water partition coefficient (Wildman–Crippen LogP) is 1.76. The Morgan fingerprint density at radius 1 is 1.10 bits per heavy atom. The third-order valence-electron chi connectivity index (χ3n) is 3.88. The number of hydrogen-bond donors (Lipinski definition) is 3. The van der Waals surface area contributed by atoms with Gasteiger partial charge in [-0.2, -0.15) is 0 Å². The Balaban J connectivity index is 1.97. The van der Waals surface area contributed by atoms with Gasteiger partial charge in [-0.3, -0.25) is 14.8 Å². The van der Waals surface area contributed by atoms with Crippen molar-refractivity contribution >= 4 is 11.8 Å². The van der Waals surface area contributed by atoms with Crippen LogP contribution in [0.2, 0.25) is 0 Å². The van der Waals surface area contributed by atoms with E-state index < -0.39 is 17.9 Å². The van der Waals surface area contributed by atoms with Crippen molar-refractivity contribution in [2.24, 2.45) is 0 Å². The van der Waals surface area contributed by atoms with Gasteiger partial charge < -0.3 is 14.6 Å². The van der Waals surface area contributed by atoms with Gasteiger partial charge in [0.2, 0.25) is 0 Å². The second-order valence-corrected chi connectivity index (χ2v) is 6.49. The van der Waals surface area contributed by atoms with E-state index in [-0.39, 0.29) is 0 Å². The maximum Gasteiger partial charge on any atom is 0.265 e. The normalized spacial score (nSPS) is 10.9. The quantitative estimate of drug-likeness (QED) is 0.395. The number of hydrogen-bond acceptors (Lipinski definition) is 5. The van der Waals surface area contributed by atoms with E-state index in [2.05, 4.69) is 29.0 Å². The van der Waals surface area contributed by atoms with Crippen LogP contribution in [-0.4, -0.2) is 42.1 Å². The largest absolute Gasteiger partial charge is 0.451 e. The summed E-state index contributed by atoms with van der Waals surface area (Å²) in [6.45, 7) is 2.43. The number of furan rings is 1. The number of nitrogens with one attached hydrogen (secondary N) is 2. The van der Waals surface area contributed by atoms with Gasteiger partial charge in [0.05, 0.1) is 6.54 Å². The highest BCUT2D eigenvalue weighted by molar-refractivity contribution is 5.97. The Hall–Kier alpha value is -3.52. The van der Waals surface area contributed by atoms with Crippen LogP contribution in [0.5, 0.6) is 0 Å². The van der Waals surface area contributed by atoms with Crippen LogP contribution in [0, 0.1) is 23.7 Å². The fourth-order valence-corrected chi connectivity index (χ4v) is 2.42. The number of rotatable bonds is 6. The molecule has 7 nitrogen and oxygen atoms in total. The third-order valence-corrected chi connectivity index (χ3v) is 3.88. The fourth-order valence-electron chi connectivity index (χ4n) is 2.42. The molecule has 0 unspecified atom stereocenters. The first-order chi connectivity index (χ1) is 13.9. The summed E-state index contributed by atoms with van der Waals surface area (Å²) >= 11 is 0. The first kappa shape index (κ1) is 21.8. The number of hydroxylamine groups is 1. The Morgan fingerprint density at radius 3 is 2.41 bits per heavy atom. The summed E-state index contributed by atoms with van der Waals surface area (Å²) in [6, 6.07) is 9.49. The minimum absolute atomic E-state index is 0.354. The minimum Gasteiger partial charge on any atom is -0.451 e. The van der Waals surface area contributed by atoms with Crippen molar-refractivity contribution in [1.82, 2.24) is 15.7 Å². The van der Waals surface area contributed by atoms with Crippen molar-refractivity contribution in [3.63, 3.8) is 0 Å². The first-order valence-electron chi connectivity index (χ1n) is 9.03.